The Labute approximate surface area is 178 Å². The standard InChI is InChI=1S/C27H51P/c1-4-5-6-7-8-9-10-11-12-13-14-15-16-17-18-22-25-28(2,3)26-27-23-20-19-21-24-27/h19-21,23-24,28H,4-18,22,25-26H2,1-3H3. The first-order valence-electron chi connectivity index (χ1n) is 12.7. The van der Waals surface area contributed by atoms with E-state index in [2.05, 4.69) is 50.6 Å². The molecular formula is C27H51P. The van der Waals surface area contributed by atoms with Crippen LogP contribution in [0.2, 0.25) is 0 Å². The molecule has 28 heavy (non-hydrogen) atoms. The second-order valence-corrected chi connectivity index (χ2v) is 15.1. The van der Waals surface area contributed by atoms with E-state index >= 15 is 0 Å². The summed E-state index contributed by atoms with van der Waals surface area (Å²) in [5, 5.41) is 0. The van der Waals surface area contributed by atoms with Crippen LogP contribution in [0.1, 0.15) is 115 Å². The quantitative estimate of drug-likeness (QED) is 0.158. The third-order valence-corrected chi connectivity index (χ3v) is 9.31. The van der Waals surface area contributed by atoms with Crippen molar-refractivity contribution < 1.29 is 0 Å². The van der Waals surface area contributed by atoms with Gasteiger partial charge in [0, 0.05) is 0 Å². The van der Waals surface area contributed by atoms with E-state index in [1.807, 2.05) is 0 Å². The van der Waals surface area contributed by atoms with Crippen LogP contribution in [0, 0.1) is 0 Å². The van der Waals surface area contributed by atoms with E-state index in [0.717, 1.165) is 0 Å². The monoisotopic (exact) mass is 406 g/mol. The molecule has 1 aromatic rings. The van der Waals surface area contributed by atoms with Crippen LogP contribution in [0.4, 0.5) is 0 Å². The summed E-state index contributed by atoms with van der Waals surface area (Å²) in [7, 11) is -1.05. The van der Waals surface area contributed by atoms with Gasteiger partial charge in [-0.25, -0.2) is 0 Å². The van der Waals surface area contributed by atoms with E-state index in [1.165, 1.54) is 115 Å². The Morgan fingerprint density at radius 1 is 0.536 bits per heavy atom. The Kier molecular flexibility index (Phi) is 16.1. The van der Waals surface area contributed by atoms with Crippen molar-refractivity contribution in [3.63, 3.8) is 0 Å². The van der Waals surface area contributed by atoms with Gasteiger partial charge in [0.15, 0.2) is 0 Å². The zero-order chi connectivity index (χ0) is 20.3. The molecule has 1 rings (SSSR count). The number of hydrogen-bond acceptors (Lipinski definition) is 0. The second-order valence-electron chi connectivity index (χ2n) is 9.88. The maximum atomic E-state index is 2.57. The predicted octanol–water partition coefficient (Wildman–Crippen LogP) is 9.46. The first-order valence-corrected chi connectivity index (χ1v) is 16.1. The minimum atomic E-state index is -1.05. The second kappa shape index (κ2) is 17.5. The van der Waals surface area contributed by atoms with Crippen molar-refractivity contribution in [2.75, 3.05) is 19.5 Å². The average Bonchev–Trinajstić information content (AvgIpc) is 2.68. The molecule has 1 heteroatoms. The number of rotatable bonds is 19. The van der Waals surface area contributed by atoms with Gasteiger partial charge in [-0.15, -0.1) is 0 Å². The summed E-state index contributed by atoms with van der Waals surface area (Å²) in [6.07, 6.45) is 26.3. The van der Waals surface area contributed by atoms with E-state index in [4.69, 9.17) is 0 Å². The summed E-state index contributed by atoms with van der Waals surface area (Å²) in [5.41, 5.74) is 1.55. The van der Waals surface area contributed by atoms with Crippen LogP contribution in [0.15, 0.2) is 30.3 Å². The van der Waals surface area contributed by atoms with Crippen molar-refractivity contribution in [3.05, 3.63) is 35.9 Å². The maximum absolute atomic E-state index is 2.57. The molecule has 0 radical (unpaired) electrons. The Bertz CT molecular complexity index is 437. The Morgan fingerprint density at radius 2 is 0.929 bits per heavy atom. The molecule has 0 aromatic heterocycles. The third kappa shape index (κ3) is 15.6. The molecule has 1 aromatic carbocycles. The molecule has 0 N–H and O–H groups in total. The zero-order valence-corrected chi connectivity index (χ0v) is 20.6. The predicted molar refractivity (Wildman–Crippen MR) is 135 cm³/mol. The van der Waals surface area contributed by atoms with Crippen molar-refractivity contribution in [2.24, 2.45) is 0 Å². The van der Waals surface area contributed by atoms with Gasteiger partial charge in [-0.1, -0.05) is 39.0 Å². The third-order valence-electron chi connectivity index (χ3n) is 6.23. The molecule has 0 atom stereocenters. The van der Waals surface area contributed by atoms with Gasteiger partial charge in [0.2, 0.25) is 0 Å². The van der Waals surface area contributed by atoms with E-state index in [1.54, 1.807) is 5.56 Å². The zero-order valence-electron chi connectivity index (χ0n) is 19.6. The molecule has 0 saturated heterocycles. The molecule has 0 unspecified atom stereocenters. The summed E-state index contributed by atoms with van der Waals surface area (Å²) in [4.78, 5) is 0. The summed E-state index contributed by atoms with van der Waals surface area (Å²) in [6.45, 7) is 7.45. The fraction of sp³-hybridized carbons (Fsp3) is 0.778. The molecule has 0 saturated carbocycles. The van der Waals surface area contributed by atoms with Crippen LogP contribution in [0.5, 0.6) is 0 Å². The van der Waals surface area contributed by atoms with Crippen LogP contribution in [-0.2, 0) is 6.16 Å². The SMILES string of the molecule is CCCCCCCCCCCCCCCCCC[PH](C)(C)Cc1ccccc1. The number of unbranched alkanes of at least 4 members (excludes halogenated alkanes) is 15. The van der Waals surface area contributed by atoms with Crippen molar-refractivity contribution in [1.82, 2.24) is 0 Å². The molecule has 0 amide bonds. The minimum absolute atomic E-state index is 1.05. The van der Waals surface area contributed by atoms with Gasteiger partial charge < -0.3 is 0 Å². The molecule has 0 aliphatic rings. The van der Waals surface area contributed by atoms with Crippen LogP contribution in [0.25, 0.3) is 0 Å². The van der Waals surface area contributed by atoms with Gasteiger partial charge in [-0.3, -0.25) is 0 Å². The van der Waals surface area contributed by atoms with Crippen molar-refractivity contribution in [3.8, 4) is 0 Å². The fourth-order valence-corrected chi connectivity index (χ4v) is 7.11. The molecular weight excluding hydrogens is 355 g/mol. The van der Waals surface area contributed by atoms with Gasteiger partial charge in [-0.05, 0) is 0 Å². The van der Waals surface area contributed by atoms with Crippen LogP contribution in [0.3, 0.4) is 0 Å². The van der Waals surface area contributed by atoms with Gasteiger partial charge in [0.1, 0.15) is 0 Å². The normalized spacial score (nSPS) is 12.4. The van der Waals surface area contributed by atoms with Gasteiger partial charge in [0.05, 0.1) is 0 Å². The van der Waals surface area contributed by atoms with Crippen LogP contribution in [-0.4, -0.2) is 19.5 Å². The Balaban J connectivity index is 1.83. The molecule has 0 bridgehead atoms. The molecule has 0 spiro atoms. The molecule has 0 aliphatic carbocycles. The molecule has 164 valence electrons. The van der Waals surface area contributed by atoms with Gasteiger partial charge >= 0.3 is 139 Å². The first kappa shape index (κ1) is 25.7. The van der Waals surface area contributed by atoms with Crippen molar-refractivity contribution in [1.29, 1.82) is 0 Å². The van der Waals surface area contributed by atoms with Gasteiger partial charge in [-0.2, -0.15) is 0 Å². The molecule has 0 nitrogen and oxygen atoms in total. The molecule has 0 heterocycles. The van der Waals surface area contributed by atoms with Crippen LogP contribution >= 0.6 is 7.26 Å². The topological polar surface area (TPSA) is 0 Å². The number of benzene rings is 1. The molecule has 0 fully saturated rings. The van der Waals surface area contributed by atoms with Crippen LogP contribution < -0.4 is 0 Å². The summed E-state index contributed by atoms with van der Waals surface area (Å²) >= 11 is 0. The van der Waals surface area contributed by atoms with E-state index in [9.17, 15) is 0 Å². The summed E-state index contributed by atoms with van der Waals surface area (Å²) < 4.78 is 0. The number of hydrogen-bond donors (Lipinski definition) is 0. The summed E-state index contributed by atoms with van der Waals surface area (Å²) in [5.74, 6) is 0. The Morgan fingerprint density at radius 3 is 1.36 bits per heavy atom. The van der Waals surface area contributed by atoms with E-state index < -0.39 is 7.26 Å². The van der Waals surface area contributed by atoms with E-state index in [-0.39, 0.29) is 0 Å². The fourth-order valence-electron chi connectivity index (χ4n) is 4.39. The molecule has 0 aliphatic heterocycles. The van der Waals surface area contributed by atoms with E-state index in [0.29, 0.717) is 0 Å². The first-order chi connectivity index (χ1) is 13.6. The average molecular weight is 407 g/mol. The van der Waals surface area contributed by atoms with Gasteiger partial charge in [0.25, 0.3) is 0 Å². The van der Waals surface area contributed by atoms with Crippen molar-refractivity contribution >= 4 is 7.26 Å². The van der Waals surface area contributed by atoms with Crippen molar-refractivity contribution in [2.45, 2.75) is 116 Å². The summed E-state index contributed by atoms with van der Waals surface area (Å²) in [6, 6.07) is 11.1. The Hall–Kier alpha value is -0.350.